The predicted octanol–water partition coefficient (Wildman–Crippen LogP) is 1.83. The molecule has 0 spiro atoms. The first-order valence-corrected chi connectivity index (χ1v) is 7.68. The Kier molecular flexibility index (Phi) is 5.16. The van der Waals surface area contributed by atoms with E-state index in [4.69, 9.17) is 10.5 Å². The zero-order chi connectivity index (χ0) is 15.7. The number of nitrogens with one attached hydrogen (secondary N) is 2. The highest BCUT2D eigenvalue weighted by atomic mass is 35.5. The van der Waals surface area contributed by atoms with E-state index < -0.39 is 6.10 Å². The van der Waals surface area contributed by atoms with Crippen molar-refractivity contribution < 1.29 is 14.3 Å². The maximum atomic E-state index is 12.7. The topological polar surface area (TPSA) is 93.4 Å². The molecular weight excluding hydrogens is 318 g/mol. The number of benzene rings is 1. The summed E-state index contributed by atoms with van der Waals surface area (Å²) in [6, 6.07) is 5.17. The number of amides is 2. The van der Waals surface area contributed by atoms with Crippen LogP contribution in [0, 0.1) is 0 Å². The van der Waals surface area contributed by atoms with Crippen LogP contribution in [0.3, 0.4) is 0 Å². The standard InChI is InChI=1S/C16H21N3O3.ClH/c1-10-14(20)18-12-6-4-5-11(13(12)22-10)15(21)19-16(9-17)7-2-3-8-16;/h4-6,10H,2-3,7-9,17H2,1H3,(H,18,20)(H,19,21);1H. The fourth-order valence-electron chi connectivity index (χ4n) is 3.15. The molecule has 0 radical (unpaired) electrons. The lowest BCUT2D eigenvalue weighted by molar-refractivity contribution is -0.122. The van der Waals surface area contributed by atoms with Crippen molar-refractivity contribution in [2.45, 2.75) is 44.2 Å². The van der Waals surface area contributed by atoms with Gasteiger partial charge in [-0.2, -0.15) is 0 Å². The van der Waals surface area contributed by atoms with Gasteiger partial charge in [-0.15, -0.1) is 12.4 Å². The molecule has 1 fully saturated rings. The molecule has 23 heavy (non-hydrogen) atoms. The summed E-state index contributed by atoms with van der Waals surface area (Å²) in [6.07, 6.45) is 3.34. The third-order valence-corrected chi connectivity index (χ3v) is 4.51. The van der Waals surface area contributed by atoms with Gasteiger partial charge in [0.25, 0.3) is 11.8 Å². The van der Waals surface area contributed by atoms with Crippen LogP contribution < -0.4 is 21.1 Å². The summed E-state index contributed by atoms with van der Waals surface area (Å²) < 4.78 is 5.62. The number of nitrogens with two attached hydrogens (primary N) is 1. The lowest BCUT2D eigenvalue weighted by Crippen LogP contribution is -2.51. The van der Waals surface area contributed by atoms with Crippen molar-refractivity contribution in [2.24, 2.45) is 5.73 Å². The molecule has 3 rings (SSSR count). The van der Waals surface area contributed by atoms with Crippen molar-refractivity contribution in [1.29, 1.82) is 0 Å². The molecule has 1 aliphatic heterocycles. The Morgan fingerprint density at radius 1 is 1.43 bits per heavy atom. The Balaban J connectivity index is 0.00000192. The lowest BCUT2D eigenvalue weighted by atomic mass is 9.97. The van der Waals surface area contributed by atoms with Crippen molar-refractivity contribution in [3.63, 3.8) is 0 Å². The number of halogens is 1. The molecule has 2 aliphatic rings. The Morgan fingerprint density at radius 2 is 2.13 bits per heavy atom. The van der Waals surface area contributed by atoms with Gasteiger partial charge in [0, 0.05) is 6.54 Å². The van der Waals surface area contributed by atoms with Crippen LogP contribution in [0.15, 0.2) is 18.2 Å². The van der Waals surface area contributed by atoms with Gasteiger partial charge in [-0.3, -0.25) is 9.59 Å². The minimum Gasteiger partial charge on any atom is -0.478 e. The third-order valence-electron chi connectivity index (χ3n) is 4.51. The number of rotatable bonds is 3. The minimum absolute atomic E-state index is 0. The lowest BCUT2D eigenvalue weighted by Gasteiger charge is -2.30. The van der Waals surface area contributed by atoms with Crippen molar-refractivity contribution in [1.82, 2.24) is 5.32 Å². The molecular formula is C16H22ClN3O3. The summed E-state index contributed by atoms with van der Waals surface area (Å²) in [5.74, 6) is 0.0177. The van der Waals surface area contributed by atoms with Crippen LogP contribution >= 0.6 is 12.4 Å². The Hall–Kier alpha value is -1.79. The zero-order valence-corrected chi connectivity index (χ0v) is 13.9. The second-order valence-corrected chi connectivity index (χ2v) is 6.08. The SMILES string of the molecule is CC1Oc2c(cccc2C(=O)NC2(CN)CCCC2)NC1=O.Cl. The average molecular weight is 340 g/mol. The van der Waals surface area contributed by atoms with Crippen LogP contribution in [0.5, 0.6) is 5.75 Å². The number of para-hydroxylation sites is 1. The number of carbonyl (C=O) groups is 2. The smallest absolute Gasteiger partial charge is 0.265 e. The summed E-state index contributed by atoms with van der Waals surface area (Å²) in [5, 5.41) is 5.83. The van der Waals surface area contributed by atoms with E-state index in [0.29, 0.717) is 23.5 Å². The molecule has 1 aromatic carbocycles. The van der Waals surface area contributed by atoms with Gasteiger partial charge in [-0.1, -0.05) is 18.9 Å². The predicted molar refractivity (Wildman–Crippen MR) is 90.1 cm³/mol. The van der Waals surface area contributed by atoms with Gasteiger partial charge < -0.3 is 21.1 Å². The van der Waals surface area contributed by atoms with E-state index >= 15 is 0 Å². The van der Waals surface area contributed by atoms with E-state index in [9.17, 15) is 9.59 Å². The second-order valence-electron chi connectivity index (χ2n) is 6.08. The van der Waals surface area contributed by atoms with Gasteiger partial charge in [-0.05, 0) is 31.9 Å². The van der Waals surface area contributed by atoms with E-state index in [2.05, 4.69) is 10.6 Å². The summed E-state index contributed by atoms with van der Waals surface area (Å²) in [4.78, 5) is 24.3. The summed E-state index contributed by atoms with van der Waals surface area (Å²) >= 11 is 0. The molecule has 1 heterocycles. The molecule has 126 valence electrons. The number of hydrogen-bond acceptors (Lipinski definition) is 4. The quantitative estimate of drug-likeness (QED) is 0.783. The van der Waals surface area contributed by atoms with Crippen LogP contribution in [0.25, 0.3) is 0 Å². The fraction of sp³-hybridized carbons (Fsp3) is 0.500. The van der Waals surface area contributed by atoms with Crippen LogP contribution in [0.2, 0.25) is 0 Å². The fourth-order valence-corrected chi connectivity index (χ4v) is 3.15. The third kappa shape index (κ3) is 3.28. The summed E-state index contributed by atoms with van der Waals surface area (Å²) in [6.45, 7) is 2.09. The first kappa shape index (κ1) is 17.6. The van der Waals surface area contributed by atoms with Crippen molar-refractivity contribution in [3.05, 3.63) is 23.8 Å². The molecule has 1 aromatic rings. The van der Waals surface area contributed by atoms with E-state index in [1.54, 1.807) is 25.1 Å². The van der Waals surface area contributed by atoms with Gasteiger partial charge in [0.15, 0.2) is 11.9 Å². The largest absolute Gasteiger partial charge is 0.478 e. The normalized spacial score (nSPS) is 21.5. The molecule has 1 aliphatic carbocycles. The molecule has 7 heteroatoms. The molecule has 2 amide bonds. The maximum absolute atomic E-state index is 12.7. The Bertz CT molecular complexity index is 615. The van der Waals surface area contributed by atoms with Crippen molar-refractivity contribution >= 4 is 29.9 Å². The first-order valence-electron chi connectivity index (χ1n) is 7.68. The number of ether oxygens (including phenoxy) is 1. The number of anilines is 1. The maximum Gasteiger partial charge on any atom is 0.265 e. The Morgan fingerprint density at radius 3 is 2.78 bits per heavy atom. The first-order chi connectivity index (χ1) is 10.5. The molecule has 6 nitrogen and oxygen atoms in total. The monoisotopic (exact) mass is 339 g/mol. The highest BCUT2D eigenvalue weighted by Crippen LogP contribution is 2.34. The van der Waals surface area contributed by atoms with Gasteiger partial charge in [0.05, 0.1) is 16.8 Å². The minimum atomic E-state index is -0.614. The van der Waals surface area contributed by atoms with Crippen LogP contribution in [0.4, 0.5) is 5.69 Å². The number of hydrogen-bond donors (Lipinski definition) is 3. The molecule has 0 bridgehead atoms. The molecule has 1 unspecified atom stereocenters. The van der Waals surface area contributed by atoms with Gasteiger partial charge in [-0.25, -0.2) is 0 Å². The van der Waals surface area contributed by atoms with Crippen molar-refractivity contribution in [2.75, 3.05) is 11.9 Å². The van der Waals surface area contributed by atoms with Crippen LogP contribution in [-0.2, 0) is 4.79 Å². The van der Waals surface area contributed by atoms with Crippen molar-refractivity contribution in [3.8, 4) is 5.75 Å². The van der Waals surface area contributed by atoms with Crippen LogP contribution in [0.1, 0.15) is 43.0 Å². The zero-order valence-electron chi connectivity index (χ0n) is 13.1. The summed E-state index contributed by atoms with van der Waals surface area (Å²) in [7, 11) is 0. The number of fused-ring (bicyclic) bond motifs is 1. The molecule has 1 saturated carbocycles. The Labute approximate surface area is 141 Å². The summed E-state index contributed by atoms with van der Waals surface area (Å²) in [5.41, 5.74) is 6.52. The highest BCUT2D eigenvalue weighted by molar-refractivity contribution is 6.04. The van der Waals surface area contributed by atoms with E-state index in [-0.39, 0.29) is 29.8 Å². The number of carbonyl (C=O) groups excluding carboxylic acids is 2. The molecule has 0 aromatic heterocycles. The molecule has 0 saturated heterocycles. The average Bonchev–Trinajstić information content (AvgIpc) is 2.97. The van der Waals surface area contributed by atoms with E-state index in [1.807, 2.05) is 0 Å². The van der Waals surface area contributed by atoms with Gasteiger partial charge >= 0.3 is 0 Å². The molecule has 4 N–H and O–H groups in total. The van der Waals surface area contributed by atoms with Crippen LogP contribution in [-0.4, -0.2) is 30.0 Å². The second kappa shape index (κ2) is 6.76. The highest BCUT2D eigenvalue weighted by Gasteiger charge is 2.35. The van der Waals surface area contributed by atoms with E-state index in [1.165, 1.54) is 0 Å². The van der Waals surface area contributed by atoms with E-state index in [0.717, 1.165) is 25.7 Å². The van der Waals surface area contributed by atoms with Gasteiger partial charge in [0.2, 0.25) is 0 Å². The molecule has 1 atom stereocenters. The van der Waals surface area contributed by atoms with Gasteiger partial charge in [0.1, 0.15) is 0 Å².